The highest BCUT2D eigenvalue weighted by molar-refractivity contribution is 5.97. The van der Waals surface area contributed by atoms with E-state index in [0.29, 0.717) is 18.5 Å². The van der Waals surface area contributed by atoms with Gasteiger partial charge >= 0.3 is 5.97 Å². The van der Waals surface area contributed by atoms with Crippen molar-refractivity contribution in [2.75, 3.05) is 24.5 Å². The van der Waals surface area contributed by atoms with E-state index in [1.54, 1.807) is 0 Å². The fourth-order valence-corrected chi connectivity index (χ4v) is 3.40. The summed E-state index contributed by atoms with van der Waals surface area (Å²) in [7, 11) is 0. The Morgan fingerprint density at radius 3 is 2.27 bits per heavy atom. The zero-order chi connectivity index (χ0) is 15.5. The molecule has 1 unspecified atom stereocenters. The smallest absolute Gasteiger partial charge is 0.326 e. The van der Waals surface area contributed by atoms with Gasteiger partial charge in [-0.3, -0.25) is 4.79 Å². The van der Waals surface area contributed by atoms with Crippen molar-refractivity contribution in [1.29, 1.82) is 0 Å². The van der Waals surface area contributed by atoms with Crippen LogP contribution in [0.15, 0.2) is 24.3 Å². The third kappa shape index (κ3) is 2.93. The van der Waals surface area contributed by atoms with Crippen LogP contribution < -0.4 is 4.90 Å². The maximum atomic E-state index is 12.5. The Morgan fingerprint density at radius 2 is 1.64 bits per heavy atom. The summed E-state index contributed by atoms with van der Waals surface area (Å²) in [5.74, 6) is -1.08. The lowest BCUT2D eigenvalue weighted by Gasteiger charge is -2.29. The molecule has 0 bridgehead atoms. The molecule has 5 heteroatoms. The summed E-state index contributed by atoms with van der Waals surface area (Å²) in [6, 6.07) is 6.93. The minimum absolute atomic E-state index is 0.171. The number of amides is 1. The Balaban J connectivity index is 1.72. The number of benzene rings is 1. The zero-order valence-corrected chi connectivity index (χ0v) is 12.7. The number of anilines is 1. The monoisotopic (exact) mass is 302 g/mol. The highest BCUT2D eigenvalue weighted by Gasteiger charge is 2.34. The number of hydrogen-bond donors (Lipinski definition) is 1. The second-order valence-corrected chi connectivity index (χ2v) is 6.09. The van der Waals surface area contributed by atoms with Gasteiger partial charge in [0, 0.05) is 30.9 Å². The first-order valence-corrected chi connectivity index (χ1v) is 8.05. The summed E-state index contributed by atoms with van der Waals surface area (Å²) < 4.78 is 0. The van der Waals surface area contributed by atoms with Crippen LogP contribution >= 0.6 is 0 Å². The zero-order valence-electron chi connectivity index (χ0n) is 12.7. The predicted molar refractivity (Wildman–Crippen MR) is 84.2 cm³/mol. The molecule has 0 aromatic heterocycles. The van der Waals surface area contributed by atoms with Gasteiger partial charge in [0.25, 0.3) is 5.91 Å². The SMILES string of the molecule is O=C(O)C1CCCN1C(=O)c1ccc(N2CCCCC2)cc1. The molecule has 1 amide bonds. The number of nitrogens with zero attached hydrogens (tertiary/aromatic N) is 2. The number of carbonyl (C=O) groups is 2. The van der Waals surface area contributed by atoms with Gasteiger partial charge in [-0.1, -0.05) is 0 Å². The van der Waals surface area contributed by atoms with Gasteiger partial charge in [0.05, 0.1) is 0 Å². The Hall–Kier alpha value is -2.04. The molecule has 3 rings (SSSR count). The van der Waals surface area contributed by atoms with E-state index in [1.165, 1.54) is 24.2 Å². The van der Waals surface area contributed by atoms with E-state index >= 15 is 0 Å². The number of hydrogen-bond acceptors (Lipinski definition) is 3. The lowest BCUT2D eigenvalue weighted by molar-refractivity contribution is -0.141. The van der Waals surface area contributed by atoms with Gasteiger partial charge in [-0.05, 0) is 56.4 Å². The highest BCUT2D eigenvalue weighted by atomic mass is 16.4. The molecule has 2 fully saturated rings. The topological polar surface area (TPSA) is 60.9 Å². The van der Waals surface area contributed by atoms with Gasteiger partial charge < -0.3 is 14.9 Å². The molecule has 0 spiro atoms. The van der Waals surface area contributed by atoms with Crippen molar-refractivity contribution in [1.82, 2.24) is 4.90 Å². The average Bonchev–Trinajstić information content (AvgIpc) is 3.05. The summed E-state index contributed by atoms with van der Waals surface area (Å²) in [4.78, 5) is 27.5. The van der Waals surface area contributed by atoms with E-state index < -0.39 is 12.0 Å². The lowest BCUT2D eigenvalue weighted by Crippen LogP contribution is -2.40. The Labute approximate surface area is 130 Å². The van der Waals surface area contributed by atoms with Crippen molar-refractivity contribution in [3.63, 3.8) is 0 Å². The molecule has 0 saturated carbocycles. The van der Waals surface area contributed by atoms with Crippen molar-refractivity contribution < 1.29 is 14.7 Å². The molecule has 2 heterocycles. The van der Waals surface area contributed by atoms with Crippen LogP contribution in [0, 0.1) is 0 Å². The van der Waals surface area contributed by atoms with Crippen LogP contribution in [0.4, 0.5) is 5.69 Å². The summed E-state index contributed by atoms with van der Waals surface area (Å²) in [6.45, 7) is 2.67. The van der Waals surface area contributed by atoms with E-state index in [0.717, 1.165) is 25.2 Å². The summed E-state index contributed by atoms with van der Waals surface area (Å²) >= 11 is 0. The molecule has 5 nitrogen and oxygen atoms in total. The molecule has 1 N–H and O–H groups in total. The maximum absolute atomic E-state index is 12.5. The second-order valence-electron chi connectivity index (χ2n) is 6.09. The number of carboxylic acids is 1. The minimum Gasteiger partial charge on any atom is -0.480 e. The van der Waals surface area contributed by atoms with Crippen molar-refractivity contribution in [2.24, 2.45) is 0 Å². The van der Waals surface area contributed by atoms with E-state index in [-0.39, 0.29) is 5.91 Å². The molecular weight excluding hydrogens is 280 g/mol. The number of aliphatic carboxylic acids is 1. The number of carboxylic acid groups (broad SMARTS) is 1. The van der Waals surface area contributed by atoms with Gasteiger partial charge in [0.2, 0.25) is 0 Å². The van der Waals surface area contributed by atoms with Crippen LogP contribution in [0.25, 0.3) is 0 Å². The Kier molecular flexibility index (Phi) is 4.32. The molecule has 22 heavy (non-hydrogen) atoms. The molecule has 0 radical (unpaired) electrons. The lowest BCUT2D eigenvalue weighted by atomic mass is 10.1. The van der Waals surface area contributed by atoms with Gasteiger partial charge in [0.1, 0.15) is 6.04 Å². The first-order chi connectivity index (χ1) is 10.7. The van der Waals surface area contributed by atoms with E-state index in [1.807, 2.05) is 24.3 Å². The van der Waals surface area contributed by atoms with Gasteiger partial charge in [-0.25, -0.2) is 4.79 Å². The van der Waals surface area contributed by atoms with Crippen LogP contribution in [-0.4, -0.2) is 47.6 Å². The highest BCUT2D eigenvalue weighted by Crippen LogP contribution is 2.23. The number of piperidine rings is 1. The molecule has 1 aromatic carbocycles. The summed E-state index contributed by atoms with van der Waals surface area (Å²) in [6.07, 6.45) is 5.03. The van der Waals surface area contributed by atoms with Gasteiger partial charge in [-0.2, -0.15) is 0 Å². The number of likely N-dealkylation sites (tertiary alicyclic amines) is 1. The maximum Gasteiger partial charge on any atom is 0.326 e. The van der Waals surface area contributed by atoms with Crippen LogP contribution in [0.1, 0.15) is 42.5 Å². The summed E-state index contributed by atoms with van der Waals surface area (Å²) in [5, 5.41) is 9.19. The van der Waals surface area contributed by atoms with Crippen molar-refractivity contribution >= 4 is 17.6 Å². The van der Waals surface area contributed by atoms with Crippen molar-refractivity contribution in [3.05, 3.63) is 29.8 Å². The summed E-state index contributed by atoms with van der Waals surface area (Å²) in [5.41, 5.74) is 1.72. The van der Waals surface area contributed by atoms with E-state index in [2.05, 4.69) is 4.90 Å². The van der Waals surface area contributed by atoms with Crippen molar-refractivity contribution in [3.8, 4) is 0 Å². The van der Waals surface area contributed by atoms with Crippen LogP contribution in [0.2, 0.25) is 0 Å². The molecule has 2 saturated heterocycles. The van der Waals surface area contributed by atoms with Crippen LogP contribution in [0.5, 0.6) is 0 Å². The minimum atomic E-state index is -0.907. The number of carbonyl (C=O) groups excluding carboxylic acids is 1. The van der Waals surface area contributed by atoms with Gasteiger partial charge in [-0.15, -0.1) is 0 Å². The van der Waals surface area contributed by atoms with Crippen LogP contribution in [0.3, 0.4) is 0 Å². The van der Waals surface area contributed by atoms with E-state index in [9.17, 15) is 14.7 Å². The molecule has 2 aliphatic rings. The largest absolute Gasteiger partial charge is 0.480 e. The third-order valence-electron chi connectivity index (χ3n) is 4.63. The first-order valence-electron chi connectivity index (χ1n) is 8.05. The van der Waals surface area contributed by atoms with Gasteiger partial charge in [0.15, 0.2) is 0 Å². The Morgan fingerprint density at radius 1 is 0.955 bits per heavy atom. The Bertz CT molecular complexity index is 550. The predicted octanol–water partition coefficient (Wildman–Crippen LogP) is 2.37. The second kappa shape index (κ2) is 6.38. The van der Waals surface area contributed by atoms with E-state index in [4.69, 9.17) is 0 Å². The fourth-order valence-electron chi connectivity index (χ4n) is 3.40. The third-order valence-corrected chi connectivity index (χ3v) is 4.63. The molecule has 2 aliphatic heterocycles. The molecule has 1 atom stereocenters. The standard InChI is InChI=1S/C17H22N2O3/c20-16(19-12-4-5-15(19)17(21)22)13-6-8-14(9-7-13)18-10-2-1-3-11-18/h6-9,15H,1-5,10-12H2,(H,21,22). The average molecular weight is 302 g/mol. The molecule has 0 aliphatic carbocycles. The first kappa shape index (κ1) is 14.9. The molecular formula is C17H22N2O3. The quantitative estimate of drug-likeness (QED) is 0.931. The number of rotatable bonds is 3. The molecule has 118 valence electrons. The van der Waals surface area contributed by atoms with Crippen molar-refractivity contribution in [2.45, 2.75) is 38.1 Å². The normalized spacial score (nSPS) is 21.9. The molecule has 1 aromatic rings. The van der Waals surface area contributed by atoms with Crippen LogP contribution in [-0.2, 0) is 4.79 Å². The fraction of sp³-hybridized carbons (Fsp3) is 0.529.